The minimum atomic E-state index is 0.617. The summed E-state index contributed by atoms with van der Waals surface area (Å²) in [5.74, 6) is 2.10. The van der Waals surface area contributed by atoms with E-state index in [9.17, 15) is 0 Å². The van der Waals surface area contributed by atoms with E-state index in [1.807, 2.05) is 6.07 Å². The van der Waals surface area contributed by atoms with Gasteiger partial charge in [0.25, 0.3) is 0 Å². The van der Waals surface area contributed by atoms with Crippen LogP contribution in [-0.4, -0.2) is 51.2 Å². The van der Waals surface area contributed by atoms with Crippen LogP contribution in [0.3, 0.4) is 0 Å². The van der Waals surface area contributed by atoms with Crippen molar-refractivity contribution >= 4 is 5.95 Å². The Morgan fingerprint density at radius 3 is 2.47 bits per heavy atom. The molecule has 3 heterocycles. The van der Waals surface area contributed by atoms with Crippen LogP contribution in [0.4, 0.5) is 5.95 Å². The summed E-state index contributed by atoms with van der Waals surface area (Å²) in [6.45, 7) is 6.24. The van der Waals surface area contributed by atoms with E-state index in [-0.39, 0.29) is 0 Å². The molecule has 0 atom stereocenters. The average Bonchev–Trinajstić information content (AvgIpc) is 2.86. The van der Waals surface area contributed by atoms with Gasteiger partial charge in [-0.2, -0.15) is 0 Å². The van der Waals surface area contributed by atoms with Gasteiger partial charge >= 0.3 is 0 Å². The van der Waals surface area contributed by atoms with Gasteiger partial charge < -0.3 is 9.32 Å². The molecule has 0 amide bonds. The van der Waals surface area contributed by atoms with Gasteiger partial charge in [0, 0.05) is 45.5 Å². The van der Waals surface area contributed by atoms with Crippen LogP contribution in [0.2, 0.25) is 0 Å². The molecule has 7 heteroatoms. The molecule has 7 nitrogen and oxygen atoms in total. The van der Waals surface area contributed by atoms with Crippen molar-refractivity contribution in [1.29, 1.82) is 0 Å². The summed E-state index contributed by atoms with van der Waals surface area (Å²) in [6.07, 6.45) is 3.55. The first-order valence-corrected chi connectivity index (χ1v) is 6.34. The third-order valence-electron chi connectivity index (χ3n) is 3.13. The normalized spacial score (nSPS) is 16.8. The summed E-state index contributed by atoms with van der Waals surface area (Å²) < 4.78 is 5.40. The number of nitrogens with zero attached hydrogens (tertiary/aromatic N) is 6. The summed E-state index contributed by atoms with van der Waals surface area (Å²) in [7, 11) is 0. The Kier molecular flexibility index (Phi) is 3.37. The van der Waals surface area contributed by atoms with Crippen LogP contribution in [0.15, 0.2) is 22.9 Å². The van der Waals surface area contributed by atoms with Gasteiger partial charge in [-0.05, 0) is 6.07 Å². The lowest BCUT2D eigenvalue weighted by Gasteiger charge is -2.33. The Morgan fingerprint density at radius 1 is 1.11 bits per heavy atom. The van der Waals surface area contributed by atoms with Crippen LogP contribution < -0.4 is 4.90 Å². The highest BCUT2D eigenvalue weighted by molar-refractivity contribution is 5.29. The zero-order valence-electron chi connectivity index (χ0n) is 10.9. The zero-order valence-corrected chi connectivity index (χ0v) is 10.9. The van der Waals surface area contributed by atoms with Crippen molar-refractivity contribution < 1.29 is 4.42 Å². The molecule has 19 heavy (non-hydrogen) atoms. The Bertz CT molecular complexity index is 520. The largest absolute Gasteiger partial charge is 0.424 e. The lowest BCUT2D eigenvalue weighted by Crippen LogP contribution is -2.46. The van der Waals surface area contributed by atoms with Crippen molar-refractivity contribution in [1.82, 2.24) is 25.1 Å². The number of hydrogen-bond donors (Lipinski definition) is 0. The maximum absolute atomic E-state index is 5.40. The van der Waals surface area contributed by atoms with E-state index >= 15 is 0 Å². The molecule has 3 rings (SSSR count). The van der Waals surface area contributed by atoms with E-state index in [0.717, 1.165) is 32.1 Å². The molecular weight excluding hydrogens is 244 g/mol. The maximum Gasteiger partial charge on any atom is 0.230 e. The van der Waals surface area contributed by atoms with Crippen molar-refractivity contribution in [2.45, 2.75) is 13.5 Å². The molecule has 1 aliphatic heterocycles. The first-order valence-electron chi connectivity index (χ1n) is 6.34. The molecule has 0 N–H and O–H groups in total. The SMILES string of the molecule is Cc1nnc(CN2CCN(c3ncccn3)CC2)o1. The first-order chi connectivity index (χ1) is 9.31. The van der Waals surface area contributed by atoms with Crippen molar-refractivity contribution in [3.05, 3.63) is 30.2 Å². The van der Waals surface area contributed by atoms with Crippen LogP contribution in [-0.2, 0) is 6.54 Å². The van der Waals surface area contributed by atoms with E-state index in [4.69, 9.17) is 4.42 Å². The Balaban J connectivity index is 1.55. The molecule has 0 radical (unpaired) electrons. The van der Waals surface area contributed by atoms with E-state index in [1.165, 1.54) is 0 Å². The topological polar surface area (TPSA) is 71.2 Å². The predicted octanol–water partition coefficient (Wildman–Crippen LogP) is 0.490. The third-order valence-corrected chi connectivity index (χ3v) is 3.13. The van der Waals surface area contributed by atoms with E-state index in [1.54, 1.807) is 19.3 Å². The molecule has 0 bridgehead atoms. The fourth-order valence-corrected chi connectivity index (χ4v) is 2.15. The highest BCUT2D eigenvalue weighted by atomic mass is 16.4. The molecule has 1 aliphatic rings. The molecule has 1 fully saturated rings. The summed E-state index contributed by atoms with van der Waals surface area (Å²) in [5.41, 5.74) is 0. The van der Waals surface area contributed by atoms with Gasteiger partial charge in [-0.3, -0.25) is 4.90 Å². The molecular formula is C12H16N6O. The van der Waals surface area contributed by atoms with E-state index in [2.05, 4.69) is 30.0 Å². The van der Waals surface area contributed by atoms with E-state index < -0.39 is 0 Å². The molecule has 2 aromatic heterocycles. The summed E-state index contributed by atoms with van der Waals surface area (Å²) in [6, 6.07) is 1.83. The molecule has 2 aromatic rings. The van der Waals surface area contributed by atoms with Gasteiger partial charge in [-0.25, -0.2) is 9.97 Å². The quantitative estimate of drug-likeness (QED) is 0.795. The first kappa shape index (κ1) is 12.0. The summed E-state index contributed by atoms with van der Waals surface area (Å²) in [4.78, 5) is 13.0. The number of piperazine rings is 1. The third kappa shape index (κ3) is 2.87. The fraction of sp³-hybridized carbons (Fsp3) is 0.500. The molecule has 1 saturated heterocycles. The zero-order chi connectivity index (χ0) is 13.1. The second-order valence-electron chi connectivity index (χ2n) is 4.53. The van der Waals surface area contributed by atoms with Crippen LogP contribution in [0.25, 0.3) is 0 Å². The second-order valence-corrected chi connectivity index (χ2v) is 4.53. The van der Waals surface area contributed by atoms with Crippen molar-refractivity contribution in [2.75, 3.05) is 31.1 Å². The number of hydrogen-bond acceptors (Lipinski definition) is 7. The van der Waals surface area contributed by atoms with Crippen molar-refractivity contribution in [3.63, 3.8) is 0 Å². The predicted molar refractivity (Wildman–Crippen MR) is 68.6 cm³/mol. The monoisotopic (exact) mass is 260 g/mol. The van der Waals surface area contributed by atoms with Crippen LogP contribution in [0.5, 0.6) is 0 Å². The number of aryl methyl sites for hydroxylation is 1. The smallest absolute Gasteiger partial charge is 0.230 e. The van der Waals surface area contributed by atoms with Crippen molar-refractivity contribution in [3.8, 4) is 0 Å². The molecule has 0 aliphatic carbocycles. The fourth-order valence-electron chi connectivity index (χ4n) is 2.15. The minimum Gasteiger partial charge on any atom is -0.424 e. The lowest BCUT2D eigenvalue weighted by atomic mass is 10.3. The molecule has 0 aromatic carbocycles. The van der Waals surface area contributed by atoms with Crippen molar-refractivity contribution in [2.24, 2.45) is 0 Å². The van der Waals surface area contributed by atoms with Gasteiger partial charge in [-0.1, -0.05) is 0 Å². The van der Waals surface area contributed by atoms with Gasteiger partial charge in [0.1, 0.15) is 0 Å². The Morgan fingerprint density at radius 2 is 1.84 bits per heavy atom. The van der Waals surface area contributed by atoms with Crippen LogP contribution in [0, 0.1) is 6.92 Å². The molecule has 0 saturated carbocycles. The summed E-state index contributed by atoms with van der Waals surface area (Å²) in [5, 5.41) is 7.86. The standard InChI is InChI=1S/C12H16N6O/c1-10-15-16-11(19-10)9-17-5-7-18(8-6-17)12-13-3-2-4-14-12/h2-4H,5-9H2,1H3. The molecule has 0 unspecified atom stereocenters. The molecule has 0 spiro atoms. The Hall–Kier alpha value is -2.02. The summed E-state index contributed by atoms with van der Waals surface area (Å²) >= 11 is 0. The number of rotatable bonds is 3. The van der Waals surface area contributed by atoms with Gasteiger partial charge in [-0.15, -0.1) is 10.2 Å². The molecule has 100 valence electrons. The second kappa shape index (κ2) is 5.31. The van der Waals surface area contributed by atoms with Crippen LogP contribution in [0.1, 0.15) is 11.8 Å². The Labute approximate surface area is 111 Å². The van der Waals surface area contributed by atoms with Gasteiger partial charge in [0.05, 0.1) is 6.54 Å². The highest BCUT2D eigenvalue weighted by Crippen LogP contribution is 2.11. The van der Waals surface area contributed by atoms with E-state index in [0.29, 0.717) is 18.3 Å². The van der Waals surface area contributed by atoms with Gasteiger partial charge in [0.15, 0.2) is 0 Å². The van der Waals surface area contributed by atoms with Crippen LogP contribution >= 0.6 is 0 Å². The average molecular weight is 260 g/mol. The minimum absolute atomic E-state index is 0.617. The number of anilines is 1. The lowest BCUT2D eigenvalue weighted by molar-refractivity contribution is 0.224. The highest BCUT2D eigenvalue weighted by Gasteiger charge is 2.20. The number of aromatic nitrogens is 4. The van der Waals surface area contributed by atoms with Gasteiger partial charge in [0.2, 0.25) is 17.7 Å². The maximum atomic E-state index is 5.40.